The van der Waals surface area contributed by atoms with Crippen molar-refractivity contribution in [1.29, 1.82) is 5.26 Å². The van der Waals surface area contributed by atoms with Gasteiger partial charge in [0.1, 0.15) is 5.58 Å². The fourth-order valence-corrected chi connectivity index (χ4v) is 4.10. The predicted molar refractivity (Wildman–Crippen MR) is 102 cm³/mol. The molecule has 0 bridgehead atoms. The smallest absolute Gasteiger partial charge is 0.289 e. The summed E-state index contributed by atoms with van der Waals surface area (Å²) in [5, 5.41) is 10.7. The van der Waals surface area contributed by atoms with Crippen molar-refractivity contribution < 1.29 is 9.21 Å². The lowest BCUT2D eigenvalue weighted by molar-refractivity contribution is 0.0676. The van der Waals surface area contributed by atoms with Crippen LogP contribution in [0.15, 0.2) is 52.3 Å². The molecule has 1 aromatic carbocycles. The van der Waals surface area contributed by atoms with Gasteiger partial charge in [0.2, 0.25) is 0 Å². The Labute approximate surface area is 161 Å². The number of aromatic nitrogens is 2. The van der Waals surface area contributed by atoms with Gasteiger partial charge in [0.15, 0.2) is 10.9 Å². The van der Waals surface area contributed by atoms with Gasteiger partial charge in [0.25, 0.3) is 5.91 Å². The highest BCUT2D eigenvalue weighted by atomic mass is 32.2. The second kappa shape index (κ2) is 7.80. The van der Waals surface area contributed by atoms with Crippen molar-refractivity contribution in [3.63, 3.8) is 0 Å². The molecule has 1 aliphatic heterocycles. The van der Waals surface area contributed by atoms with E-state index in [1.165, 1.54) is 11.8 Å². The minimum Gasteiger partial charge on any atom is -0.451 e. The molecule has 7 heteroatoms. The highest BCUT2D eigenvalue weighted by molar-refractivity contribution is 7.98. The van der Waals surface area contributed by atoms with Gasteiger partial charge in [0, 0.05) is 48.1 Å². The first-order valence-corrected chi connectivity index (χ1v) is 9.84. The molecule has 0 spiro atoms. The van der Waals surface area contributed by atoms with Crippen molar-refractivity contribution in [3.8, 4) is 6.07 Å². The maximum absolute atomic E-state index is 13.1. The molecule has 0 N–H and O–H groups in total. The Morgan fingerprint density at radius 2 is 1.96 bits per heavy atom. The van der Waals surface area contributed by atoms with Crippen molar-refractivity contribution in [3.05, 3.63) is 54.0 Å². The van der Waals surface area contributed by atoms with Crippen LogP contribution in [0.2, 0.25) is 0 Å². The zero-order valence-corrected chi connectivity index (χ0v) is 15.5. The maximum Gasteiger partial charge on any atom is 0.289 e. The van der Waals surface area contributed by atoms with Gasteiger partial charge >= 0.3 is 0 Å². The molecule has 3 heterocycles. The summed E-state index contributed by atoms with van der Waals surface area (Å²) >= 11 is 1.48. The normalized spacial score (nSPS) is 15.0. The average molecular weight is 378 g/mol. The third-order valence-corrected chi connectivity index (χ3v) is 5.65. The highest BCUT2D eigenvalue weighted by Gasteiger charge is 2.28. The van der Waals surface area contributed by atoms with Gasteiger partial charge < -0.3 is 9.32 Å². The zero-order chi connectivity index (χ0) is 18.6. The molecular weight excluding hydrogens is 360 g/mol. The van der Waals surface area contributed by atoms with Crippen LogP contribution in [0.3, 0.4) is 0 Å². The molecule has 3 aromatic rings. The lowest BCUT2D eigenvalue weighted by Crippen LogP contribution is -2.38. The molecule has 1 aliphatic rings. The molecule has 6 nitrogen and oxygen atoms in total. The number of nitriles is 1. The van der Waals surface area contributed by atoms with Crippen LogP contribution in [-0.2, 0) is 5.75 Å². The molecule has 4 rings (SSSR count). The number of likely N-dealkylation sites (tertiary alicyclic amines) is 1. The van der Waals surface area contributed by atoms with E-state index in [1.54, 1.807) is 23.4 Å². The number of fused-ring (bicyclic) bond motifs is 1. The van der Waals surface area contributed by atoms with E-state index in [9.17, 15) is 4.79 Å². The van der Waals surface area contributed by atoms with Gasteiger partial charge in [-0.15, -0.1) is 0 Å². The fourth-order valence-electron chi connectivity index (χ4n) is 3.27. The quantitative estimate of drug-likeness (QED) is 0.506. The summed E-state index contributed by atoms with van der Waals surface area (Å²) in [5.74, 6) is 0.869. The Morgan fingerprint density at radius 3 is 2.70 bits per heavy atom. The van der Waals surface area contributed by atoms with Crippen LogP contribution < -0.4 is 0 Å². The van der Waals surface area contributed by atoms with E-state index in [4.69, 9.17) is 9.68 Å². The van der Waals surface area contributed by atoms with Crippen molar-refractivity contribution in [2.45, 2.75) is 23.8 Å². The van der Waals surface area contributed by atoms with Crippen LogP contribution in [0.4, 0.5) is 0 Å². The fraction of sp³-hybridized carbons (Fsp3) is 0.300. The number of hydrogen-bond acceptors (Lipinski definition) is 6. The van der Waals surface area contributed by atoms with Crippen LogP contribution in [0.1, 0.15) is 29.0 Å². The van der Waals surface area contributed by atoms with Crippen LogP contribution in [0.5, 0.6) is 0 Å². The summed E-state index contributed by atoms with van der Waals surface area (Å²) in [6.07, 6.45) is 4.83. The highest BCUT2D eigenvalue weighted by Crippen LogP contribution is 2.32. The summed E-state index contributed by atoms with van der Waals surface area (Å²) in [4.78, 5) is 23.4. The molecule has 27 heavy (non-hydrogen) atoms. The van der Waals surface area contributed by atoms with E-state index < -0.39 is 0 Å². The first-order valence-electron chi connectivity index (χ1n) is 8.85. The van der Waals surface area contributed by atoms with Gasteiger partial charge in [-0.1, -0.05) is 30.0 Å². The summed E-state index contributed by atoms with van der Waals surface area (Å²) in [7, 11) is 0. The Balaban J connectivity index is 1.62. The molecule has 0 atom stereocenters. The summed E-state index contributed by atoms with van der Waals surface area (Å²) in [6, 6.07) is 11.8. The SMILES string of the molecule is N#CC1CCN(C(=O)c2oc3ccccc3c2CSc2ncccn2)CC1. The molecule has 0 saturated carbocycles. The molecule has 0 radical (unpaired) electrons. The topological polar surface area (TPSA) is 83.0 Å². The van der Waals surface area contributed by atoms with Gasteiger partial charge in [-0.2, -0.15) is 5.26 Å². The Morgan fingerprint density at radius 1 is 1.22 bits per heavy atom. The molecule has 1 amide bonds. The molecule has 0 unspecified atom stereocenters. The maximum atomic E-state index is 13.1. The number of furan rings is 1. The number of nitrogens with zero attached hydrogens (tertiary/aromatic N) is 4. The summed E-state index contributed by atoms with van der Waals surface area (Å²) in [5.41, 5.74) is 1.58. The second-order valence-electron chi connectivity index (χ2n) is 6.42. The number of amides is 1. The van der Waals surface area contributed by atoms with Crippen molar-refractivity contribution in [2.75, 3.05) is 13.1 Å². The van der Waals surface area contributed by atoms with Crippen LogP contribution in [0, 0.1) is 17.2 Å². The number of carbonyl (C=O) groups excluding carboxylic acids is 1. The minimum atomic E-state index is -0.104. The van der Waals surface area contributed by atoms with Crippen molar-refractivity contribution in [1.82, 2.24) is 14.9 Å². The minimum absolute atomic E-state index is 0.0370. The zero-order valence-electron chi connectivity index (χ0n) is 14.7. The van der Waals surface area contributed by atoms with E-state index in [2.05, 4.69) is 16.0 Å². The second-order valence-corrected chi connectivity index (χ2v) is 7.36. The largest absolute Gasteiger partial charge is 0.451 e. The van der Waals surface area contributed by atoms with Crippen molar-refractivity contribution in [2.24, 2.45) is 5.92 Å². The van der Waals surface area contributed by atoms with E-state index in [0.717, 1.165) is 10.9 Å². The average Bonchev–Trinajstić information content (AvgIpc) is 3.11. The molecule has 1 saturated heterocycles. The lowest BCUT2D eigenvalue weighted by Gasteiger charge is -2.28. The van der Waals surface area contributed by atoms with Gasteiger partial charge in [-0.05, 0) is 25.0 Å². The van der Waals surface area contributed by atoms with E-state index >= 15 is 0 Å². The van der Waals surface area contributed by atoms with E-state index in [1.807, 2.05) is 24.3 Å². The summed E-state index contributed by atoms with van der Waals surface area (Å²) in [6.45, 7) is 1.17. The summed E-state index contributed by atoms with van der Waals surface area (Å²) < 4.78 is 5.95. The van der Waals surface area contributed by atoms with E-state index in [0.29, 0.717) is 48.2 Å². The first kappa shape index (κ1) is 17.6. The number of thioether (sulfide) groups is 1. The van der Waals surface area contributed by atoms with Crippen LogP contribution in [0.25, 0.3) is 11.0 Å². The van der Waals surface area contributed by atoms with Gasteiger partial charge in [-0.3, -0.25) is 4.79 Å². The van der Waals surface area contributed by atoms with Crippen molar-refractivity contribution >= 4 is 28.6 Å². The number of rotatable bonds is 4. The molecule has 136 valence electrons. The molecule has 1 fully saturated rings. The number of benzene rings is 1. The third kappa shape index (κ3) is 3.67. The standard InChI is InChI=1S/C20H18N4O2S/c21-12-14-6-10-24(11-7-14)19(25)18-16(13-27-20-22-8-3-9-23-20)15-4-1-2-5-17(15)26-18/h1-5,8-9,14H,6-7,10-11,13H2. The van der Waals surface area contributed by atoms with E-state index in [-0.39, 0.29) is 11.8 Å². The van der Waals surface area contributed by atoms with Gasteiger partial charge in [-0.25, -0.2) is 9.97 Å². The third-order valence-electron chi connectivity index (χ3n) is 4.74. The lowest BCUT2D eigenvalue weighted by atomic mass is 9.98. The number of piperidine rings is 1. The van der Waals surface area contributed by atoms with Crippen LogP contribution >= 0.6 is 11.8 Å². The van der Waals surface area contributed by atoms with Gasteiger partial charge in [0.05, 0.1) is 6.07 Å². The number of carbonyl (C=O) groups is 1. The Hall–Kier alpha value is -2.85. The molecule has 2 aromatic heterocycles. The first-order chi connectivity index (χ1) is 13.3. The Bertz CT molecular complexity index is 988. The monoisotopic (exact) mass is 378 g/mol. The molecule has 0 aliphatic carbocycles. The predicted octanol–water partition coefficient (Wildman–Crippen LogP) is 3.89. The number of para-hydroxylation sites is 1. The Kier molecular flexibility index (Phi) is 5.07. The molecular formula is C20H18N4O2S. The van der Waals surface area contributed by atoms with Crippen LogP contribution in [-0.4, -0.2) is 33.9 Å². The number of hydrogen-bond donors (Lipinski definition) is 0.